The Balaban J connectivity index is 2.01. The fraction of sp³-hybridized carbons (Fsp3) is 0.350. The standard InChI is InChI=1S/C20H20N2O7S/c1-20(18(26-2)27-3)17(23)16(12-10-11(22(24)25)8-9-14(12)29-20)21-13-6-4-5-7-15(13)28-19(21)30/h4-10,16-18,23H,1-3H3/t16-,17-,20-/m1/s1. The van der Waals surface area contributed by atoms with Crippen molar-refractivity contribution in [3.05, 3.63) is 63.0 Å². The number of nitro groups is 1. The van der Waals surface area contributed by atoms with E-state index in [-0.39, 0.29) is 10.5 Å². The molecule has 2 aromatic carbocycles. The molecule has 1 N–H and O–H groups in total. The third-order valence-corrected chi connectivity index (χ3v) is 5.71. The van der Waals surface area contributed by atoms with Crippen molar-refractivity contribution in [1.82, 2.24) is 4.57 Å². The summed E-state index contributed by atoms with van der Waals surface area (Å²) in [6, 6.07) is 10.6. The van der Waals surface area contributed by atoms with Crippen molar-refractivity contribution in [3.63, 3.8) is 0 Å². The molecular weight excluding hydrogens is 412 g/mol. The highest BCUT2D eigenvalue weighted by Crippen LogP contribution is 2.46. The van der Waals surface area contributed by atoms with Crippen LogP contribution < -0.4 is 4.74 Å². The quantitative estimate of drug-likeness (QED) is 0.282. The van der Waals surface area contributed by atoms with E-state index in [1.807, 2.05) is 6.07 Å². The summed E-state index contributed by atoms with van der Waals surface area (Å²) in [5, 5.41) is 22.9. The Bertz CT molecular complexity index is 1170. The lowest BCUT2D eigenvalue weighted by Gasteiger charge is -2.46. The summed E-state index contributed by atoms with van der Waals surface area (Å²) < 4.78 is 24.2. The van der Waals surface area contributed by atoms with Crippen molar-refractivity contribution in [2.45, 2.75) is 31.0 Å². The third kappa shape index (κ3) is 3.00. The predicted molar refractivity (Wildman–Crippen MR) is 109 cm³/mol. The molecule has 1 aliphatic heterocycles. The van der Waals surface area contributed by atoms with Gasteiger partial charge in [0.1, 0.15) is 11.9 Å². The number of fused-ring (bicyclic) bond motifs is 2. The van der Waals surface area contributed by atoms with E-state index in [9.17, 15) is 15.2 Å². The minimum atomic E-state index is -1.34. The van der Waals surface area contributed by atoms with Crippen LogP contribution in [0.15, 0.2) is 46.9 Å². The van der Waals surface area contributed by atoms with Gasteiger partial charge in [-0.05, 0) is 37.3 Å². The number of para-hydroxylation sites is 2. The van der Waals surface area contributed by atoms with Gasteiger partial charge in [0.15, 0.2) is 17.5 Å². The lowest BCUT2D eigenvalue weighted by atomic mass is 9.84. The molecule has 0 saturated heterocycles. The maximum absolute atomic E-state index is 11.5. The predicted octanol–water partition coefficient (Wildman–Crippen LogP) is 3.59. The smallest absolute Gasteiger partial charge is 0.270 e. The number of aromatic nitrogens is 1. The molecule has 1 aromatic heterocycles. The number of nitrogens with zero attached hydrogens (tertiary/aromatic N) is 2. The lowest BCUT2D eigenvalue weighted by molar-refractivity contribution is -0.385. The van der Waals surface area contributed by atoms with E-state index in [2.05, 4.69) is 0 Å². The molecule has 0 spiro atoms. The summed E-state index contributed by atoms with van der Waals surface area (Å²) in [6.07, 6.45) is -2.17. The molecule has 4 rings (SSSR count). The Hall–Kier alpha value is -2.79. The van der Waals surface area contributed by atoms with Gasteiger partial charge in [-0.15, -0.1) is 0 Å². The Morgan fingerprint density at radius 1 is 1.27 bits per heavy atom. The molecule has 30 heavy (non-hydrogen) atoms. The minimum absolute atomic E-state index is 0.119. The molecule has 0 radical (unpaired) electrons. The van der Waals surface area contributed by atoms with Gasteiger partial charge in [-0.25, -0.2) is 0 Å². The number of aliphatic hydroxyl groups is 1. The first-order chi connectivity index (χ1) is 14.3. The molecule has 10 heteroatoms. The van der Waals surface area contributed by atoms with Crippen LogP contribution in [0.5, 0.6) is 5.75 Å². The maximum Gasteiger partial charge on any atom is 0.270 e. The zero-order chi connectivity index (χ0) is 21.6. The summed E-state index contributed by atoms with van der Waals surface area (Å²) in [6.45, 7) is 1.65. The topological polar surface area (TPSA) is 109 Å². The molecular formula is C20H20N2O7S. The van der Waals surface area contributed by atoms with Crippen LogP contribution in [0.1, 0.15) is 18.5 Å². The van der Waals surface area contributed by atoms with Crippen LogP contribution in [-0.2, 0) is 9.47 Å². The van der Waals surface area contributed by atoms with Crippen LogP contribution in [-0.4, -0.2) is 46.8 Å². The molecule has 158 valence electrons. The summed E-state index contributed by atoms with van der Waals surface area (Å²) >= 11 is 5.45. The fourth-order valence-electron chi connectivity index (χ4n) is 4.03. The summed E-state index contributed by atoms with van der Waals surface area (Å²) in [4.78, 5) is 11.0. The average Bonchev–Trinajstić information content (AvgIpc) is 3.05. The highest BCUT2D eigenvalue weighted by molar-refractivity contribution is 7.71. The zero-order valence-corrected chi connectivity index (χ0v) is 17.3. The maximum atomic E-state index is 11.5. The fourth-order valence-corrected chi connectivity index (χ4v) is 4.34. The Morgan fingerprint density at radius 2 is 1.97 bits per heavy atom. The highest BCUT2D eigenvalue weighted by Gasteiger charge is 2.53. The zero-order valence-electron chi connectivity index (χ0n) is 16.5. The highest BCUT2D eigenvalue weighted by atomic mass is 32.1. The number of methoxy groups -OCH3 is 2. The number of hydrogen-bond acceptors (Lipinski definition) is 8. The first-order valence-corrected chi connectivity index (χ1v) is 9.53. The van der Waals surface area contributed by atoms with Crippen LogP contribution in [0.2, 0.25) is 0 Å². The lowest BCUT2D eigenvalue weighted by Crippen LogP contribution is -2.60. The van der Waals surface area contributed by atoms with Crippen LogP contribution in [0.25, 0.3) is 11.1 Å². The van der Waals surface area contributed by atoms with Gasteiger partial charge in [0.25, 0.3) is 10.5 Å². The largest absolute Gasteiger partial charge is 0.479 e. The first-order valence-electron chi connectivity index (χ1n) is 9.13. The average molecular weight is 432 g/mol. The molecule has 9 nitrogen and oxygen atoms in total. The van der Waals surface area contributed by atoms with E-state index < -0.39 is 29.0 Å². The van der Waals surface area contributed by atoms with E-state index in [1.165, 1.54) is 32.4 Å². The van der Waals surface area contributed by atoms with E-state index in [1.54, 1.807) is 29.7 Å². The first kappa shape index (κ1) is 20.5. The molecule has 2 heterocycles. The summed E-state index contributed by atoms with van der Waals surface area (Å²) in [5.74, 6) is 0.352. The number of aliphatic hydroxyl groups excluding tert-OH is 1. The Labute approximate surface area is 176 Å². The Morgan fingerprint density at radius 3 is 2.63 bits per heavy atom. The molecule has 0 amide bonds. The van der Waals surface area contributed by atoms with E-state index >= 15 is 0 Å². The number of benzene rings is 2. The second-order valence-electron chi connectivity index (χ2n) is 7.16. The molecule has 3 aromatic rings. The molecule has 3 atom stereocenters. The van der Waals surface area contributed by atoms with Gasteiger partial charge in [-0.2, -0.15) is 0 Å². The van der Waals surface area contributed by atoms with Crippen molar-refractivity contribution in [3.8, 4) is 5.75 Å². The van der Waals surface area contributed by atoms with Gasteiger partial charge in [-0.1, -0.05) is 12.1 Å². The van der Waals surface area contributed by atoms with Crippen LogP contribution in [0, 0.1) is 15.0 Å². The summed E-state index contributed by atoms with van der Waals surface area (Å²) in [7, 11) is 2.88. The van der Waals surface area contributed by atoms with E-state index in [0.29, 0.717) is 22.4 Å². The van der Waals surface area contributed by atoms with Crippen molar-refractivity contribution < 1.29 is 28.7 Å². The van der Waals surface area contributed by atoms with Gasteiger partial charge in [0.05, 0.1) is 16.5 Å². The number of hydrogen-bond donors (Lipinski definition) is 1. The number of nitro benzene ring substituents is 1. The van der Waals surface area contributed by atoms with Crippen molar-refractivity contribution >= 4 is 29.0 Å². The molecule has 0 saturated carbocycles. The van der Waals surface area contributed by atoms with Gasteiger partial charge < -0.3 is 23.7 Å². The van der Waals surface area contributed by atoms with E-state index in [0.717, 1.165) is 0 Å². The normalized spacial score (nSPS) is 23.4. The number of non-ortho nitro benzene ring substituents is 1. The molecule has 0 bridgehead atoms. The van der Waals surface area contributed by atoms with Crippen molar-refractivity contribution in [2.24, 2.45) is 0 Å². The SMILES string of the molecule is COC(OC)[C@]1(C)Oc2ccc([N+](=O)[O-])cc2[C@@H](n2c(=S)oc3ccccc32)[C@H]1O. The monoisotopic (exact) mass is 432 g/mol. The second-order valence-corrected chi connectivity index (χ2v) is 7.51. The van der Waals surface area contributed by atoms with Crippen molar-refractivity contribution in [1.29, 1.82) is 0 Å². The number of oxazole rings is 1. The van der Waals surface area contributed by atoms with Gasteiger partial charge in [-0.3, -0.25) is 14.7 Å². The molecule has 0 aliphatic carbocycles. The number of ether oxygens (including phenoxy) is 3. The van der Waals surface area contributed by atoms with Crippen LogP contribution >= 0.6 is 12.2 Å². The van der Waals surface area contributed by atoms with Crippen LogP contribution in [0.4, 0.5) is 5.69 Å². The molecule has 0 fully saturated rings. The van der Waals surface area contributed by atoms with Gasteiger partial charge in [0, 0.05) is 31.9 Å². The van der Waals surface area contributed by atoms with Gasteiger partial charge >= 0.3 is 0 Å². The number of rotatable bonds is 5. The molecule has 0 unspecified atom stereocenters. The molecule has 1 aliphatic rings. The second kappa shape index (κ2) is 7.47. The summed E-state index contributed by atoms with van der Waals surface area (Å²) in [5.41, 5.74) is 0.101. The third-order valence-electron chi connectivity index (χ3n) is 5.43. The van der Waals surface area contributed by atoms with Gasteiger partial charge in [0.2, 0.25) is 0 Å². The minimum Gasteiger partial charge on any atom is -0.479 e. The van der Waals surface area contributed by atoms with Crippen LogP contribution in [0.3, 0.4) is 0 Å². The van der Waals surface area contributed by atoms with E-state index in [4.69, 9.17) is 30.8 Å². The Kier molecular flexibility index (Phi) is 5.10. The van der Waals surface area contributed by atoms with Crippen molar-refractivity contribution in [2.75, 3.05) is 14.2 Å².